The van der Waals surface area contributed by atoms with E-state index in [4.69, 9.17) is 0 Å². The molecule has 1 aromatic rings. The maximum atomic E-state index is 12.2. The summed E-state index contributed by atoms with van der Waals surface area (Å²) in [6, 6.07) is 4.11. The van der Waals surface area contributed by atoms with Gasteiger partial charge in [0.05, 0.1) is 17.1 Å². The zero-order valence-electron chi connectivity index (χ0n) is 10.8. The van der Waals surface area contributed by atoms with E-state index in [-0.39, 0.29) is 24.3 Å². The van der Waals surface area contributed by atoms with Crippen LogP contribution in [0.1, 0.15) is 10.4 Å². The molecule has 1 aromatic carbocycles. The second kappa shape index (κ2) is 5.43. The summed E-state index contributed by atoms with van der Waals surface area (Å²) in [4.78, 5) is 23.8. The molecule has 0 aromatic heterocycles. The Morgan fingerprint density at radius 2 is 2.00 bits per heavy atom. The number of nitro groups is 1. The van der Waals surface area contributed by atoms with Crippen LogP contribution in [0.25, 0.3) is 0 Å². The van der Waals surface area contributed by atoms with E-state index in [9.17, 15) is 25.1 Å². The zero-order valence-corrected chi connectivity index (χ0v) is 10.8. The van der Waals surface area contributed by atoms with Crippen LogP contribution in [0, 0.1) is 10.1 Å². The molecular weight excluding hydrogens is 266 g/mol. The van der Waals surface area contributed by atoms with Gasteiger partial charge in [-0.25, -0.2) is 0 Å². The maximum absolute atomic E-state index is 12.2. The quantitative estimate of drug-likeness (QED) is 0.522. The molecule has 1 aliphatic heterocycles. The lowest BCUT2D eigenvalue weighted by molar-refractivity contribution is -0.384. The van der Waals surface area contributed by atoms with Gasteiger partial charge in [-0.1, -0.05) is 0 Å². The lowest BCUT2D eigenvalue weighted by Gasteiger charge is -2.15. The van der Waals surface area contributed by atoms with Gasteiger partial charge in [0.2, 0.25) is 0 Å². The molecule has 1 amide bonds. The van der Waals surface area contributed by atoms with Crippen LogP contribution in [0.2, 0.25) is 0 Å². The molecule has 1 heterocycles. The average Bonchev–Trinajstić information content (AvgIpc) is 2.77. The molecule has 1 saturated heterocycles. The van der Waals surface area contributed by atoms with Gasteiger partial charge in [0.1, 0.15) is 5.69 Å². The molecule has 108 valence electrons. The number of hydrogen-bond acceptors (Lipinski definition) is 6. The first-order chi connectivity index (χ1) is 9.43. The normalized spacial score (nSPS) is 21.9. The van der Waals surface area contributed by atoms with E-state index >= 15 is 0 Å². The highest BCUT2D eigenvalue weighted by Crippen LogP contribution is 2.26. The number of benzene rings is 1. The molecule has 0 aliphatic carbocycles. The van der Waals surface area contributed by atoms with E-state index in [1.165, 1.54) is 23.1 Å². The van der Waals surface area contributed by atoms with Crippen LogP contribution in [0.4, 0.5) is 11.4 Å². The van der Waals surface area contributed by atoms with Crippen LogP contribution in [-0.4, -0.2) is 58.3 Å². The predicted molar refractivity (Wildman–Crippen MR) is 70.6 cm³/mol. The third kappa shape index (κ3) is 2.56. The van der Waals surface area contributed by atoms with Crippen molar-refractivity contribution in [3.8, 4) is 0 Å². The summed E-state index contributed by atoms with van der Waals surface area (Å²) >= 11 is 0. The van der Waals surface area contributed by atoms with E-state index in [1.54, 1.807) is 7.05 Å². The third-order valence-corrected chi connectivity index (χ3v) is 3.26. The van der Waals surface area contributed by atoms with E-state index in [2.05, 4.69) is 5.32 Å². The molecule has 1 aliphatic rings. The van der Waals surface area contributed by atoms with Gasteiger partial charge in [-0.15, -0.1) is 0 Å². The molecule has 0 saturated carbocycles. The SMILES string of the molecule is CNc1ccc(C(=O)N2CC(O)C(O)C2)cc1[N+](=O)[O-]. The lowest BCUT2D eigenvalue weighted by Crippen LogP contribution is -2.29. The van der Waals surface area contributed by atoms with Gasteiger partial charge >= 0.3 is 0 Å². The van der Waals surface area contributed by atoms with Crippen molar-refractivity contribution in [3.63, 3.8) is 0 Å². The number of carbonyl (C=O) groups excluding carboxylic acids is 1. The lowest BCUT2D eigenvalue weighted by atomic mass is 10.1. The Morgan fingerprint density at radius 3 is 2.50 bits per heavy atom. The number of aliphatic hydroxyl groups excluding tert-OH is 2. The second-order valence-electron chi connectivity index (χ2n) is 4.58. The zero-order chi connectivity index (χ0) is 14.9. The number of carbonyl (C=O) groups is 1. The number of nitrogens with zero attached hydrogens (tertiary/aromatic N) is 2. The summed E-state index contributed by atoms with van der Waals surface area (Å²) in [6.45, 7) is 0.0309. The van der Waals surface area contributed by atoms with Crippen molar-refractivity contribution in [3.05, 3.63) is 33.9 Å². The van der Waals surface area contributed by atoms with Crippen LogP contribution in [0.5, 0.6) is 0 Å². The molecule has 3 N–H and O–H groups in total. The van der Waals surface area contributed by atoms with Crippen molar-refractivity contribution in [2.45, 2.75) is 12.2 Å². The number of anilines is 1. The minimum absolute atomic E-state index is 0.0155. The Bertz CT molecular complexity index is 538. The number of rotatable bonds is 3. The monoisotopic (exact) mass is 281 g/mol. The van der Waals surface area contributed by atoms with Crippen molar-refractivity contribution in [1.29, 1.82) is 0 Å². The van der Waals surface area contributed by atoms with Crippen LogP contribution in [-0.2, 0) is 0 Å². The van der Waals surface area contributed by atoms with E-state index in [0.717, 1.165) is 0 Å². The number of aliphatic hydroxyl groups is 2. The van der Waals surface area contributed by atoms with E-state index in [1.807, 2.05) is 0 Å². The van der Waals surface area contributed by atoms with Gasteiger partial charge in [-0.2, -0.15) is 0 Å². The van der Waals surface area contributed by atoms with E-state index < -0.39 is 23.0 Å². The van der Waals surface area contributed by atoms with Crippen molar-refractivity contribution in [2.75, 3.05) is 25.5 Å². The van der Waals surface area contributed by atoms with Gasteiger partial charge in [0, 0.05) is 31.8 Å². The number of nitrogens with one attached hydrogen (secondary N) is 1. The first kappa shape index (κ1) is 14.2. The Kier molecular flexibility index (Phi) is 3.86. The van der Waals surface area contributed by atoms with Crippen molar-refractivity contribution >= 4 is 17.3 Å². The fourth-order valence-electron chi connectivity index (χ4n) is 2.15. The first-order valence-corrected chi connectivity index (χ1v) is 6.05. The summed E-state index contributed by atoms with van der Waals surface area (Å²) in [5.74, 6) is -0.452. The molecule has 0 spiro atoms. The Labute approximate surface area is 114 Å². The highest BCUT2D eigenvalue weighted by atomic mass is 16.6. The molecule has 2 rings (SSSR count). The fourth-order valence-corrected chi connectivity index (χ4v) is 2.15. The summed E-state index contributed by atoms with van der Waals surface area (Å²) in [5.41, 5.74) is 0.267. The fraction of sp³-hybridized carbons (Fsp3) is 0.417. The Balaban J connectivity index is 2.27. The van der Waals surface area contributed by atoms with Crippen LogP contribution < -0.4 is 5.32 Å². The summed E-state index contributed by atoms with van der Waals surface area (Å²) in [5, 5.41) is 32.5. The number of amides is 1. The average molecular weight is 281 g/mol. The summed E-state index contributed by atoms with van der Waals surface area (Å²) in [6.07, 6.45) is -1.96. The highest BCUT2D eigenvalue weighted by Gasteiger charge is 2.33. The minimum Gasteiger partial charge on any atom is -0.388 e. The van der Waals surface area contributed by atoms with Crippen molar-refractivity contribution < 1.29 is 19.9 Å². The van der Waals surface area contributed by atoms with Crippen molar-refractivity contribution in [1.82, 2.24) is 4.90 Å². The van der Waals surface area contributed by atoms with Gasteiger partial charge in [-0.3, -0.25) is 14.9 Å². The molecule has 20 heavy (non-hydrogen) atoms. The van der Waals surface area contributed by atoms with Crippen LogP contribution in [0.15, 0.2) is 18.2 Å². The Morgan fingerprint density at radius 1 is 1.40 bits per heavy atom. The molecule has 0 radical (unpaired) electrons. The minimum atomic E-state index is -0.981. The highest BCUT2D eigenvalue weighted by molar-refractivity contribution is 5.96. The van der Waals surface area contributed by atoms with Crippen molar-refractivity contribution in [2.24, 2.45) is 0 Å². The maximum Gasteiger partial charge on any atom is 0.293 e. The molecule has 8 heteroatoms. The molecular formula is C12H15N3O5. The summed E-state index contributed by atoms with van der Waals surface area (Å²) < 4.78 is 0. The topological polar surface area (TPSA) is 116 Å². The standard InChI is InChI=1S/C12H15N3O5/c1-13-8-3-2-7(4-9(8)15(19)20)12(18)14-5-10(16)11(17)6-14/h2-4,10-11,13,16-17H,5-6H2,1H3. The van der Waals surface area contributed by atoms with Crippen LogP contribution >= 0.6 is 0 Å². The number of nitro benzene ring substituents is 1. The smallest absolute Gasteiger partial charge is 0.293 e. The first-order valence-electron chi connectivity index (χ1n) is 6.05. The predicted octanol–water partition coefficient (Wildman–Crippen LogP) is -0.186. The van der Waals surface area contributed by atoms with Gasteiger partial charge in [0.25, 0.3) is 11.6 Å². The van der Waals surface area contributed by atoms with Gasteiger partial charge < -0.3 is 20.4 Å². The number of hydrogen-bond donors (Lipinski definition) is 3. The Hall–Kier alpha value is -2.19. The summed E-state index contributed by atoms with van der Waals surface area (Å²) in [7, 11) is 1.55. The third-order valence-electron chi connectivity index (χ3n) is 3.26. The van der Waals surface area contributed by atoms with Crippen LogP contribution in [0.3, 0.4) is 0 Å². The molecule has 2 unspecified atom stereocenters. The second-order valence-corrected chi connectivity index (χ2v) is 4.58. The largest absolute Gasteiger partial charge is 0.388 e. The van der Waals surface area contributed by atoms with Gasteiger partial charge in [0.15, 0.2) is 0 Å². The van der Waals surface area contributed by atoms with E-state index in [0.29, 0.717) is 5.69 Å². The number of likely N-dealkylation sites (tertiary alicyclic amines) is 1. The molecule has 8 nitrogen and oxygen atoms in total. The molecule has 1 fully saturated rings. The molecule has 2 atom stereocenters. The number of β-amino-alcohol motifs (C(OH)–C–C–N with tert-alkyl or cyclic N) is 2. The van der Waals surface area contributed by atoms with Gasteiger partial charge in [-0.05, 0) is 12.1 Å². The molecule has 0 bridgehead atoms.